The molecule has 0 spiro atoms. The third-order valence-corrected chi connectivity index (χ3v) is 11.1. The van der Waals surface area contributed by atoms with Gasteiger partial charge in [-0.2, -0.15) is 0 Å². The smallest absolute Gasteiger partial charge is 0.249 e. The lowest BCUT2D eigenvalue weighted by atomic mass is 10.0. The Kier molecular flexibility index (Phi) is 42.1. The molecule has 0 aliphatic rings. The van der Waals surface area contributed by atoms with Gasteiger partial charge in [0.05, 0.1) is 18.8 Å². The van der Waals surface area contributed by atoms with E-state index in [9.17, 15) is 20.1 Å². The summed E-state index contributed by atoms with van der Waals surface area (Å²) in [5.74, 6) is -0.498. The highest BCUT2D eigenvalue weighted by molar-refractivity contribution is 5.80. The Bertz CT molecular complexity index is 728. The van der Waals surface area contributed by atoms with E-state index in [-0.39, 0.29) is 6.61 Å². The molecule has 1 amide bonds. The first-order chi connectivity index (χ1) is 25.6. The lowest BCUT2D eigenvalue weighted by molar-refractivity contribution is -0.131. The average Bonchev–Trinajstić information content (AvgIpc) is 3.15. The average molecular weight is 736 g/mol. The van der Waals surface area contributed by atoms with Crippen LogP contribution in [0.3, 0.4) is 0 Å². The van der Waals surface area contributed by atoms with Crippen LogP contribution in [0.15, 0.2) is 12.2 Å². The van der Waals surface area contributed by atoms with Gasteiger partial charge in [-0.1, -0.05) is 251 Å². The monoisotopic (exact) mass is 736 g/mol. The maximum atomic E-state index is 12.5. The van der Waals surface area contributed by atoms with Crippen LogP contribution in [0, 0.1) is 0 Å². The van der Waals surface area contributed by atoms with Crippen molar-refractivity contribution in [2.45, 2.75) is 276 Å². The fourth-order valence-electron chi connectivity index (χ4n) is 7.42. The summed E-state index contributed by atoms with van der Waals surface area (Å²) in [5.41, 5.74) is 0. The molecule has 0 aliphatic heterocycles. The molecule has 0 aliphatic carbocycles. The third-order valence-electron chi connectivity index (χ3n) is 11.1. The highest BCUT2D eigenvalue weighted by Gasteiger charge is 2.22. The molecule has 0 heterocycles. The summed E-state index contributed by atoms with van der Waals surface area (Å²) >= 11 is 0. The molecular formula is C47H93NO4. The van der Waals surface area contributed by atoms with Crippen molar-refractivity contribution in [2.75, 3.05) is 6.61 Å². The Labute approximate surface area is 325 Å². The van der Waals surface area contributed by atoms with Crippen LogP contribution in [-0.2, 0) is 4.79 Å². The first-order valence-corrected chi connectivity index (χ1v) is 23.5. The van der Waals surface area contributed by atoms with Gasteiger partial charge in [0, 0.05) is 0 Å². The van der Waals surface area contributed by atoms with Gasteiger partial charge >= 0.3 is 0 Å². The fraction of sp³-hybridized carbons (Fsp3) is 0.936. The predicted molar refractivity (Wildman–Crippen MR) is 227 cm³/mol. The second-order valence-electron chi connectivity index (χ2n) is 16.3. The molecule has 0 aromatic carbocycles. The lowest BCUT2D eigenvalue weighted by Gasteiger charge is -2.21. The standard InChI is InChI=1S/C47H93NO4/c1-3-5-7-9-11-13-15-17-19-21-22-23-24-26-27-29-31-33-35-37-39-41-45(50)44(43-49)48-47(52)46(51)42-40-38-36-34-32-30-28-25-20-18-16-14-12-10-8-6-4-2/h39,41,44-46,49-51H,3-38,40,42-43H2,1-2H3,(H,48,52)/b41-39+. The number of rotatable bonds is 43. The number of unbranched alkanes of at least 4 members (excludes halogenated alkanes) is 35. The van der Waals surface area contributed by atoms with E-state index in [2.05, 4.69) is 19.2 Å². The molecule has 5 heteroatoms. The van der Waals surface area contributed by atoms with E-state index in [1.54, 1.807) is 6.08 Å². The molecule has 0 aromatic rings. The Morgan fingerprint density at radius 1 is 0.462 bits per heavy atom. The van der Waals surface area contributed by atoms with Gasteiger partial charge in [-0.05, 0) is 19.3 Å². The van der Waals surface area contributed by atoms with Gasteiger partial charge in [0.25, 0.3) is 0 Å². The number of aliphatic hydroxyl groups is 3. The first-order valence-electron chi connectivity index (χ1n) is 23.5. The van der Waals surface area contributed by atoms with E-state index in [1.165, 1.54) is 205 Å². The summed E-state index contributed by atoms with van der Waals surface area (Å²) in [6, 6.07) is -0.793. The van der Waals surface area contributed by atoms with Crippen LogP contribution in [0.2, 0.25) is 0 Å². The molecule has 52 heavy (non-hydrogen) atoms. The molecule has 0 rings (SSSR count). The van der Waals surface area contributed by atoms with E-state index >= 15 is 0 Å². The van der Waals surface area contributed by atoms with Crippen LogP contribution < -0.4 is 5.32 Å². The number of amides is 1. The number of allylic oxidation sites excluding steroid dienone is 1. The number of carbonyl (C=O) groups is 1. The lowest BCUT2D eigenvalue weighted by Crippen LogP contribution is -2.48. The van der Waals surface area contributed by atoms with Gasteiger partial charge in [0.2, 0.25) is 5.91 Å². The minimum Gasteiger partial charge on any atom is -0.394 e. The van der Waals surface area contributed by atoms with Crippen molar-refractivity contribution in [1.82, 2.24) is 5.32 Å². The van der Waals surface area contributed by atoms with Crippen LogP contribution in [0.1, 0.15) is 258 Å². The molecular weight excluding hydrogens is 643 g/mol. The van der Waals surface area contributed by atoms with Gasteiger partial charge < -0.3 is 20.6 Å². The summed E-state index contributed by atoms with van der Waals surface area (Å²) in [7, 11) is 0. The Morgan fingerprint density at radius 2 is 0.750 bits per heavy atom. The molecule has 0 fully saturated rings. The van der Waals surface area contributed by atoms with Gasteiger partial charge in [0.1, 0.15) is 6.10 Å². The molecule has 0 aromatic heterocycles. The third kappa shape index (κ3) is 37.4. The minimum atomic E-state index is -1.09. The normalized spacial score (nSPS) is 13.6. The Balaban J connectivity index is 3.61. The van der Waals surface area contributed by atoms with Crippen LogP contribution in [-0.4, -0.2) is 46.1 Å². The molecule has 310 valence electrons. The van der Waals surface area contributed by atoms with E-state index in [1.807, 2.05) is 6.08 Å². The Hall–Kier alpha value is -0.910. The summed E-state index contributed by atoms with van der Waals surface area (Å²) in [5, 5.41) is 33.2. The minimum absolute atomic E-state index is 0.359. The number of hydrogen-bond donors (Lipinski definition) is 4. The van der Waals surface area contributed by atoms with E-state index < -0.39 is 24.2 Å². The van der Waals surface area contributed by atoms with Crippen molar-refractivity contribution in [3.63, 3.8) is 0 Å². The van der Waals surface area contributed by atoms with Gasteiger partial charge in [-0.25, -0.2) is 0 Å². The molecule has 5 nitrogen and oxygen atoms in total. The van der Waals surface area contributed by atoms with Crippen molar-refractivity contribution < 1.29 is 20.1 Å². The van der Waals surface area contributed by atoms with Gasteiger partial charge in [-0.15, -0.1) is 0 Å². The van der Waals surface area contributed by atoms with Crippen molar-refractivity contribution in [1.29, 1.82) is 0 Å². The topological polar surface area (TPSA) is 89.8 Å². The SMILES string of the molecule is CCCCCCCCCCCCCCCCCCCCC/C=C/C(O)C(CO)NC(=O)C(O)CCCCCCCCCCCCCCCCCCC. The summed E-state index contributed by atoms with van der Waals surface area (Å²) in [6.07, 6.45) is 51.1. The van der Waals surface area contributed by atoms with Crippen LogP contribution in [0.5, 0.6) is 0 Å². The second-order valence-corrected chi connectivity index (χ2v) is 16.3. The highest BCUT2D eigenvalue weighted by atomic mass is 16.3. The quantitative estimate of drug-likeness (QED) is 0.0371. The van der Waals surface area contributed by atoms with Crippen LogP contribution in [0.4, 0.5) is 0 Å². The van der Waals surface area contributed by atoms with Crippen LogP contribution >= 0.6 is 0 Å². The zero-order chi connectivity index (χ0) is 38.0. The molecule has 0 saturated carbocycles. The summed E-state index contributed by atoms with van der Waals surface area (Å²) in [4.78, 5) is 12.5. The van der Waals surface area contributed by atoms with Gasteiger partial charge in [0.15, 0.2) is 0 Å². The van der Waals surface area contributed by atoms with E-state index in [0.717, 1.165) is 32.1 Å². The molecule has 3 unspecified atom stereocenters. The number of nitrogens with one attached hydrogen (secondary N) is 1. The van der Waals surface area contributed by atoms with Crippen molar-refractivity contribution in [3.05, 3.63) is 12.2 Å². The zero-order valence-corrected chi connectivity index (χ0v) is 35.2. The zero-order valence-electron chi connectivity index (χ0n) is 35.2. The Morgan fingerprint density at radius 3 is 1.06 bits per heavy atom. The fourth-order valence-corrected chi connectivity index (χ4v) is 7.42. The largest absolute Gasteiger partial charge is 0.394 e. The molecule has 0 radical (unpaired) electrons. The molecule has 3 atom stereocenters. The highest BCUT2D eigenvalue weighted by Crippen LogP contribution is 2.17. The predicted octanol–water partition coefficient (Wildman–Crippen LogP) is 13.6. The van der Waals surface area contributed by atoms with E-state index in [4.69, 9.17) is 0 Å². The number of aliphatic hydroxyl groups excluding tert-OH is 3. The maximum Gasteiger partial charge on any atom is 0.249 e. The maximum absolute atomic E-state index is 12.5. The van der Waals surface area contributed by atoms with Gasteiger partial charge in [-0.3, -0.25) is 4.79 Å². The molecule has 4 N–H and O–H groups in total. The van der Waals surface area contributed by atoms with E-state index in [0.29, 0.717) is 6.42 Å². The van der Waals surface area contributed by atoms with Crippen molar-refractivity contribution >= 4 is 5.91 Å². The summed E-state index contributed by atoms with van der Waals surface area (Å²) < 4.78 is 0. The van der Waals surface area contributed by atoms with Crippen molar-refractivity contribution in [3.8, 4) is 0 Å². The number of carbonyl (C=O) groups excluding carboxylic acids is 1. The molecule has 0 saturated heterocycles. The van der Waals surface area contributed by atoms with Crippen molar-refractivity contribution in [2.24, 2.45) is 0 Å². The second kappa shape index (κ2) is 42.8. The number of hydrogen-bond acceptors (Lipinski definition) is 4. The first kappa shape index (κ1) is 51.1. The molecule has 0 bridgehead atoms. The summed E-state index contributed by atoms with van der Waals surface area (Å²) in [6.45, 7) is 4.21. The van der Waals surface area contributed by atoms with Crippen LogP contribution in [0.25, 0.3) is 0 Å².